The van der Waals surface area contributed by atoms with Gasteiger partial charge in [-0.3, -0.25) is 0 Å². The van der Waals surface area contributed by atoms with Crippen molar-refractivity contribution in [2.75, 3.05) is 18.5 Å². The molecule has 0 aliphatic rings. The lowest BCUT2D eigenvalue weighted by atomic mass is 10.2. The van der Waals surface area contributed by atoms with Gasteiger partial charge < -0.3 is 11.1 Å². The van der Waals surface area contributed by atoms with Crippen molar-refractivity contribution in [1.29, 1.82) is 0 Å². The third kappa shape index (κ3) is 7.74. The van der Waals surface area contributed by atoms with Gasteiger partial charge in [-0.2, -0.15) is 13.2 Å². The van der Waals surface area contributed by atoms with Crippen LogP contribution in [0.3, 0.4) is 0 Å². The SMILES string of the molecule is CNCc1ccccc1F.Cc1cc(F)c(N)cc1SCC(F)(F)F. The zero-order chi connectivity index (χ0) is 19.0. The van der Waals surface area contributed by atoms with Crippen molar-refractivity contribution in [2.24, 2.45) is 0 Å². The van der Waals surface area contributed by atoms with E-state index in [1.165, 1.54) is 12.1 Å². The molecule has 0 radical (unpaired) electrons. The van der Waals surface area contributed by atoms with Crippen molar-refractivity contribution >= 4 is 17.4 Å². The van der Waals surface area contributed by atoms with Crippen LogP contribution in [0, 0.1) is 18.6 Å². The zero-order valence-corrected chi connectivity index (χ0v) is 14.6. The number of halogens is 5. The van der Waals surface area contributed by atoms with Crippen LogP contribution in [0.4, 0.5) is 27.6 Å². The second kappa shape index (κ2) is 9.62. The van der Waals surface area contributed by atoms with Crippen molar-refractivity contribution in [1.82, 2.24) is 5.32 Å². The Hall–Kier alpha value is -1.80. The topological polar surface area (TPSA) is 38.0 Å². The molecule has 25 heavy (non-hydrogen) atoms. The molecule has 0 aromatic heterocycles. The summed E-state index contributed by atoms with van der Waals surface area (Å²) in [6, 6.07) is 9.11. The summed E-state index contributed by atoms with van der Waals surface area (Å²) in [5.41, 5.74) is 6.29. The lowest BCUT2D eigenvalue weighted by Gasteiger charge is -2.09. The molecule has 0 heterocycles. The minimum absolute atomic E-state index is 0.134. The first-order valence-electron chi connectivity index (χ1n) is 7.27. The van der Waals surface area contributed by atoms with E-state index in [1.54, 1.807) is 26.1 Å². The highest BCUT2D eigenvalue weighted by molar-refractivity contribution is 7.99. The van der Waals surface area contributed by atoms with Crippen molar-refractivity contribution in [2.45, 2.75) is 24.5 Å². The first-order chi connectivity index (χ1) is 11.6. The van der Waals surface area contributed by atoms with Crippen molar-refractivity contribution < 1.29 is 22.0 Å². The molecule has 138 valence electrons. The van der Waals surface area contributed by atoms with Crippen LogP contribution >= 0.6 is 11.8 Å². The molecule has 0 saturated heterocycles. The van der Waals surface area contributed by atoms with Gasteiger partial charge in [-0.05, 0) is 37.7 Å². The number of hydrogen-bond acceptors (Lipinski definition) is 3. The van der Waals surface area contributed by atoms with E-state index in [2.05, 4.69) is 5.32 Å². The molecule has 2 rings (SSSR count). The number of nitrogen functional groups attached to an aromatic ring is 1. The van der Waals surface area contributed by atoms with Crippen molar-refractivity contribution in [3.63, 3.8) is 0 Å². The van der Waals surface area contributed by atoms with Crippen LogP contribution in [0.5, 0.6) is 0 Å². The van der Waals surface area contributed by atoms with Gasteiger partial charge in [0.05, 0.1) is 11.4 Å². The Morgan fingerprint density at radius 3 is 2.28 bits per heavy atom. The maximum Gasteiger partial charge on any atom is 0.398 e. The molecule has 0 atom stereocenters. The van der Waals surface area contributed by atoms with Crippen LogP contribution in [0.2, 0.25) is 0 Å². The number of aryl methyl sites for hydroxylation is 1. The van der Waals surface area contributed by atoms with Crippen LogP contribution in [0.25, 0.3) is 0 Å². The number of nitrogens with one attached hydrogen (secondary N) is 1. The summed E-state index contributed by atoms with van der Waals surface area (Å²) >= 11 is 0.605. The maximum atomic E-state index is 12.9. The average Bonchev–Trinajstić information content (AvgIpc) is 2.52. The molecule has 2 nitrogen and oxygen atoms in total. The minimum atomic E-state index is -4.24. The Morgan fingerprint density at radius 2 is 1.72 bits per heavy atom. The Kier molecular flexibility index (Phi) is 8.18. The Bertz CT molecular complexity index is 689. The van der Waals surface area contributed by atoms with Crippen molar-refractivity contribution in [3.8, 4) is 0 Å². The Labute approximate surface area is 147 Å². The smallest absolute Gasteiger partial charge is 0.396 e. The number of hydrogen-bond donors (Lipinski definition) is 2. The summed E-state index contributed by atoms with van der Waals surface area (Å²) in [6.07, 6.45) is -4.24. The van der Waals surface area contributed by atoms with Crippen LogP contribution in [0.1, 0.15) is 11.1 Å². The molecule has 2 aromatic carbocycles. The first-order valence-corrected chi connectivity index (χ1v) is 8.25. The minimum Gasteiger partial charge on any atom is -0.396 e. The summed E-state index contributed by atoms with van der Waals surface area (Å²) < 4.78 is 61.4. The van der Waals surface area contributed by atoms with E-state index in [1.807, 2.05) is 6.07 Å². The fraction of sp³-hybridized carbons (Fsp3) is 0.294. The standard InChI is InChI=1S/C9H9F4NS.C8H10FN/c1-5-2-6(10)7(14)3-8(5)15-4-9(11,12)13;1-10-6-7-4-2-3-5-8(7)9/h2-3H,4,14H2,1H3;2-5,10H,6H2,1H3. The lowest BCUT2D eigenvalue weighted by Crippen LogP contribution is -2.10. The molecule has 2 aromatic rings. The Morgan fingerprint density at radius 1 is 1.08 bits per heavy atom. The summed E-state index contributed by atoms with van der Waals surface area (Å²) in [6.45, 7) is 2.13. The molecule has 0 unspecified atom stereocenters. The second-order valence-corrected chi connectivity index (χ2v) is 6.18. The third-order valence-electron chi connectivity index (χ3n) is 3.01. The average molecular weight is 378 g/mol. The highest BCUT2D eigenvalue weighted by atomic mass is 32.2. The quantitative estimate of drug-likeness (QED) is 0.451. The van der Waals surface area contributed by atoms with Gasteiger partial charge in [-0.15, -0.1) is 11.8 Å². The van der Waals surface area contributed by atoms with Crippen LogP contribution < -0.4 is 11.1 Å². The fourth-order valence-corrected chi connectivity index (χ4v) is 2.63. The first kappa shape index (κ1) is 21.2. The van der Waals surface area contributed by atoms with Crippen molar-refractivity contribution in [3.05, 3.63) is 59.2 Å². The number of thioether (sulfide) groups is 1. The zero-order valence-electron chi connectivity index (χ0n) is 13.8. The fourth-order valence-electron chi connectivity index (χ4n) is 1.82. The Balaban J connectivity index is 0.000000271. The maximum absolute atomic E-state index is 12.9. The molecule has 0 amide bonds. The molecule has 0 saturated carbocycles. The predicted molar refractivity (Wildman–Crippen MR) is 91.5 cm³/mol. The molecule has 0 bridgehead atoms. The largest absolute Gasteiger partial charge is 0.398 e. The van der Waals surface area contributed by atoms with E-state index in [0.717, 1.165) is 6.07 Å². The van der Waals surface area contributed by atoms with Gasteiger partial charge in [0.1, 0.15) is 11.6 Å². The van der Waals surface area contributed by atoms with Gasteiger partial charge in [0.25, 0.3) is 0 Å². The molecule has 0 spiro atoms. The lowest BCUT2D eigenvalue weighted by molar-refractivity contribution is -0.105. The van der Waals surface area contributed by atoms with E-state index in [4.69, 9.17) is 5.73 Å². The molecule has 8 heteroatoms. The van der Waals surface area contributed by atoms with Crippen LogP contribution in [-0.4, -0.2) is 19.0 Å². The summed E-state index contributed by atoms with van der Waals surface area (Å²) in [5, 5.41) is 2.88. The molecule has 0 aliphatic heterocycles. The highest BCUT2D eigenvalue weighted by Crippen LogP contribution is 2.31. The third-order valence-corrected chi connectivity index (χ3v) is 4.23. The molecular formula is C17H19F5N2S. The summed E-state index contributed by atoms with van der Waals surface area (Å²) in [7, 11) is 1.80. The van der Waals surface area contributed by atoms with Crippen LogP contribution in [-0.2, 0) is 6.54 Å². The predicted octanol–water partition coefficient (Wildman–Crippen LogP) is 4.92. The monoisotopic (exact) mass is 378 g/mol. The van der Waals surface area contributed by atoms with E-state index >= 15 is 0 Å². The van der Waals surface area contributed by atoms with Gasteiger partial charge >= 0.3 is 6.18 Å². The number of benzene rings is 2. The summed E-state index contributed by atoms with van der Waals surface area (Å²) in [4.78, 5) is 0.353. The number of alkyl halides is 3. The van der Waals surface area contributed by atoms with Gasteiger partial charge in [0, 0.05) is 17.0 Å². The molecule has 0 aliphatic carbocycles. The molecular weight excluding hydrogens is 359 g/mol. The van der Waals surface area contributed by atoms with E-state index < -0.39 is 17.7 Å². The highest BCUT2D eigenvalue weighted by Gasteiger charge is 2.27. The second-order valence-electron chi connectivity index (χ2n) is 5.16. The van der Waals surface area contributed by atoms with Crippen LogP contribution in [0.15, 0.2) is 41.3 Å². The molecule has 3 N–H and O–H groups in total. The van der Waals surface area contributed by atoms with Gasteiger partial charge in [-0.1, -0.05) is 18.2 Å². The van der Waals surface area contributed by atoms with E-state index in [0.29, 0.717) is 34.3 Å². The number of rotatable bonds is 4. The van der Waals surface area contributed by atoms with Gasteiger partial charge in [0.15, 0.2) is 0 Å². The number of anilines is 1. The van der Waals surface area contributed by atoms with Gasteiger partial charge in [-0.25, -0.2) is 8.78 Å². The van der Waals surface area contributed by atoms with E-state index in [9.17, 15) is 22.0 Å². The van der Waals surface area contributed by atoms with E-state index in [-0.39, 0.29) is 11.5 Å². The number of nitrogens with two attached hydrogens (primary N) is 1. The summed E-state index contributed by atoms with van der Waals surface area (Å²) in [5.74, 6) is -1.75. The van der Waals surface area contributed by atoms with Gasteiger partial charge in [0.2, 0.25) is 0 Å². The molecule has 0 fully saturated rings. The normalized spacial score (nSPS) is 11.0.